The normalized spacial score (nSPS) is 12.1. The van der Waals surface area contributed by atoms with E-state index in [9.17, 15) is 5.26 Å². The van der Waals surface area contributed by atoms with Crippen LogP contribution in [0.1, 0.15) is 10.6 Å². The Labute approximate surface area is 222 Å². The number of fused-ring (bicyclic) bond motifs is 1. The van der Waals surface area contributed by atoms with Gasteiger partial charge in [-0.2, -0.15) is 5.26 Å². The molecule has 0 spiro atoms. The number of nitrogens with zero attached hydrogens (tertiary/aromatic N) is 5. The molecule has 37 heavy (non-hydrogen) atoms. The van der Waals surface area contributed by atoms with E-state index in [1.54, 1.807) is 19.6 Å². The van der Waals surface area contributed by atoms with Crippen molar-refractivity contribution >= 4 is 36.0 Å². The van der Waals surface area contributed by atoms with E-state index in [0.29, 0.717) is 13.3 Å². The second-order valence-electron chi connectivity index (χ2n) is 9.76. The van der Waals surface area contributed by atoms with Crippen LogP contribution >= 0.6 is 11.3 Å². The number of rotatable bonds is 12. The molecule has 0 saturated carbocycles. The van der Waals surface area contributed by atoms with Gasteiger partial charge in [0.25, 0.3) is 0 Å². The van der Waals surface area contributed by atoms with Gasteiger partial charge in [0.1, 0.15) is 29.5 Å². The third-order valence-electron chi connectivity index (χ3n) is 5.72. The summed E-state index contributed by atoms with van der Waals surface area (Å²) in [6, 6.07) is 13.0. The lowest BCUT2D eigenvalue weighted by atomic mass is 10.2. The Kier molecular flexibility index (Phi) is 8.84. The fraction of sp³-hybridized carbons (Fsp3) is 0.333. The molecule has 0 atom stereocenters. The molecule has 0 amide bonds. The zero-order valence-corrected chi connectivity index (χ0v) is 23.4. The first-order chi connectivity index (χ1) is 17.9. The van der Waals surface area contributed by atoms with Crippen molar-refractivity contribution in [3.05, 3.63) is 65.7 Å². The van der Waals surface area contributed by atoms with E-state index in [1.165, 1.54) is 17.4 Å². The highest BCUT2D eigenvalue weighted by atomic mass is 32.1. The lowest BCUT2D eigenvalue weighted by Gasteiger charge is -2.15. The Hall–Kier alpha value is -3.36. The predicted octanol–water partition coefficient (Wildman–Crippen LogP) is 6.00. The van der Waals surface area contributed by atoms with Gasteiger partial charge in [-0.3, -0.25) is 0 Å². The van der Waals surface area contributed by atoms with Gasteiger partial charge in [0.05, 0.1) is 37.0 Å². The molecule has 10 heteroatoms. The largest absolute Gasteiger partial charge is 0.497 e. The van der Waals surface area contributed by atoms with Crippen LogP contribution in [-0.4, -0.2) is 47.9 Å². The van der Waals surface area contributed by atoms with Crippen LogP contribution in [0.5, 0.6) is 5.75 Å². The first-order valence-corrected chi connectivity index (χ1v) is 16.5. The Morgan fingerprint density at radius 1 is 1.11 bits per heavy atom. The van der Waals surface area contributed by atoms with Crippen molar-refractivity contribution in [1.82, 2.24) is 19.5 Å². The number of ether oxygens (including phenoxy) is 3. The summed E-state index contributed by atoms with van der Waals surface area (Å²) >= 11 is 1.48. The fourth-order valence-corrected chi connectivity index (χ4v) is 5.31. The van der Waals surface area contributed by atoms with Gasteiger partial charge in [0.15, 0.2) is 0 Å². The Bertz CT molecular complexity index is 1400. The van der Waals surface area contributed by atoms with Crippen LogP contribution in [0.2, 0.25) is 25.7 Å². The Morgan fingerprint density at radius 3 is 2.65 bits per heavy atom. The third kappa shape index (κ3) is 7.11. The summed E-state index contributed by atoms with van der Waals surface area (Å²) in [5, 5.41) is 11.0. The Morgan fingerprint density at radius 2 is 1.92 bits per heavy atom. The maximum absolute atomic E-state index is 9.32. The number of allylic oxidation sites excluding steroid dienone is 1. The topological polar surface area (TPSA) is 95.1 Å². The molecule has 0 aliphatic heterocycles. The number of thiazole rings is 1. The maximum Gasteiger partial charge on any atom is 0.145 e. The van der Waals surface area contributed by atoms with E-state index in [1.807, 2.05) is 41.1 Å². The van der Waals surface area contributed by atoms with Gasteiger partial charge in [-0.15, -0.1) is 11.3 Å². The van der Waals surface area contributed by atoms with Crippen molar-refractivity contribution in [2.45, 2.75) is 39.0 Å². The molecule has 4 aromatic rings. The fourth-order valence-electron chi connectivity index (χ4n) is 3.62. The summed E-state index contributed by atoms with van der Waals surface area (Å²) in [7, 11) is 0.506. The molecular formula is C27H31N5O3SSi. The zero-order valence-electron chi connectivity index (χ0n) is 21.6. The van der Waals surface area contributed by atoms with Crippen molar-refractivity contribution in [2.75, 3.05) is 20.3 Å². The zero-order chi connectivity index (χ0) is 26.3. The van der Waals surface area contributed by atoms with E-state index in [0.717, 1.165) is 56.1 Å². The van der Waals surface area contributed by atoms with E-state index < -0.39 is 8.07 Å². The van der Waals surface area contributed by atoms with E-state index in [4.69, 9.17) is 14.2 Å². The minimum atomic E-state index is -1.13. The van der Waals surface area contributed by atoms with Crippen LogP contribution in [0.25, 0.3) is 27.2 Å². The third-order valence-corrected chi connectivity index (χ3v) is 8.50. The molecule has 192 valence electrons. The molecule has 0 aliphatic carbocycles. The van der Waals surface area contributed by atoms with Crippen molar-refractivity contribution in [3.63, 3.8) is 0 Å². The molecule has 0 aliphatic rings. The van der Waals surface area contributed by atoms with Crippen molar-refractivity contribution < 1.29 is 14.2 Å². The van der Waals surface area contributed by atoms with Gasteiger partial charge in [0, 0.05) is 44.1 Å². The number of methoxy groups -OCH3 is 1. The molecule has 0 fully saturated rings. The quantitative estimate of drug-likeness (QED) is 0.125. The van der Waals surface area contributed by atoms with Crippen LogP contribution in [0, 0.1) is 11.3 Å². The number of nitriles is 1. The van der Waals surface area contributed by atoms with Crippen LogP contribution in [0.4, 0.5) is 0 Å². The standard InChI is InChI=1S/C27H31N5O3SSi/c1-33-22-7-5-20(6-8-22)16-35-17-21(9-11-28)27-29-15-24(36-27)25-23-10-12-32(26(23)31-18-30-25)19-34-13-14-37(2,3)4/h5-10,12,15,18H,13-14,16-17,19H2,1-4H3. The summed E-state index contributed by atoms with van der Waals surface area (Å²) in [6.45, 7) is 8.93. The average Bonchev–Trinajstić information content (AvgIpc) is 3.54. The highest BCUT2D eigenvalue weighted by Gasteiger charge is 2.16. The maximum atomic E-state index is 9.32. The number of aromatic nitrogens is 4. The SMILES string of the molecule is COc1ccc(COCC(=CC#N)c2ncc(-c3ncnc4c3ccn4COCC[Si](C)(C)C)s2)cc1. The monoisotopic (exact) mass is 533 g/mol. The molecule has 4 rings (SSSR count). The van der Waals surface area contributed by atoms with Gasteiger partial charge in [-0.05, 0) is 29.8 Å². The minimum Gasteiger partial charge on any atom is -0.497 e. The first-order valence-electron chi connectivity index (χ1n) is 12.0. The smallest absolute Gasteiger partial charge is 0.145 e. The summed E-state index contributed by atoms with van der Waals surface area (Å²) in [5.74, 6) is 0.799. The molecule has 0 saturated heterocycles. The van der Waals surface area contributed by atoms with E-state index in [-0.39, 0.29) is 6.61 Å². The molecule has 3 aromatic heterocycles. The van der Waals surface area contributed by atoms with E-state index >= 15 is 0 Å². The lowest BCUT2D eigenvalue weighted by molar-refractivity contribution is 0.0899. The van der Waals surface area contributed by atoms with Gasteiger partial charge in [0.2, 0.25) is 0 Å². The number of benzene rings is 1. The van der Waals surface area contributed by atoms with E-state index in [2.05, 4.69) is 40.7 Å². The van der Waals surface area contributed by atoms with Crippen LogP contribution < -0.4 is 4.74 Å². The van der Waals surface area contributed by atoms with Crippen LogP contribution in [0.3, 0.4) is 0 Å². The molecule has 1 aromatic carbocycles. The second kappa shape index (κ2) is 12.3. The second-order valence-corrected chi connectivity index (χ2v) is 16.4. The molecule has 8 nitrogen and oxygen atoms in total. The van der Waals surface area contributed by atoms with Gasteiger partial charge in [-0.1, -0.05) is 31.8 Å². The number of hydrogen-bond donors (Lipinski definition) is 0. The molecule has 0 radical (unpaired) electrons. The lowest BCUT2D eigenvalue weighted by Crippen LogP contribution is -2.22. The molecule has 0 unspecified atom stereocenters. The van der Waals surface area contributed by atoms with Crippen LogP contribution in [0.15, 0.2) is 55.1 Å². The van der Waals surface area contributed by atoms with Gasteiger partial charge < -0.3 is 18.8 Å². The van der Waals surface area contributed by atoms with Gasteiger partial charge >= 0.3 is 0 Å². The van der Waals surface area contributed by atoms with Crippen molar-refractivity contribution in [2.24, 2.45) is 0 Å². The average molecular weight is 534 g/mol. The minimum absolute atomic E-state index is 0.275. The molecule has 3 heterocycles. The highest BCUT2D eigenvalue weighted by Crippen LogP contribution is 2.33. The molecular weight excluding hydrogens is 502 g/mol. The van der Waals surface area contributed by atoms with Crippen LogP contribution in [-0.2, 0) is 22.8 Å². The predicted molar refractivity (Wildman–Crippen MR) is 149 cm³/mol. The number of hydrogen-bond acceptors (Lipinski definition) is 8. The van der Waals surface area contributed by atoms with Crippen molar-refractivity contribution in [3.8, 4) is 22.4 Å². The summed E-state index contributed by atoms with van der Waals surface area (Å²) < 4.78 is 19.0. The summed E-state index contributed by atoms with van der Waals surface area (Å²) in [5.41, 5.74) is 3.38. The van der Waals surface area contributed by atoms with Gasteiger partial charge in [-0.25, -0.2) is 15.0 Å². The highest BCUT2D eigenvalue weighted by molar-refractivity contribution is 7.16. The summed E-state index contributed by atoms with van der Waals surface area (Å²) in [4.78, 5) is 14.5. The van der Waals surface area contributed by atoms with Crippen molar-refractivity contribution in [1.29, 1.82) is 5.26 Å². The first kappa shape index (κ1) is 26.7. The summed E-state index contributed by atoms with van der Waals surface area (Å²) in [6.07, 6.45) is 6.83. The molecule has 0 bridgehead atoms. The Balaban J connectivity index is 1.45. The molecule has 0 N–H and O–H groups in total.